The largest absolute Gasteiger partial charge is 0.273 e. The zero-order valence-electron chi connectivity index (χ0n) is 10.2. The molecule has 1 amide bonds. The smallest absolute Gasteiger partial charge is 0.244 e. The van der Waals surface area contributed by atoms with Crippen LogP contribution in [0.15, 0.2) is 59.7 Å². The summed E-state index contributed by atoms with van der Waals surface area (Å²) in [6, 6.07) is 17.4. The summed E-state index contributed by atoms with van der Waals surface area (Å²) in [5.41, 5.74) is 4.50. The molecule has 0 spiro atoms. The van der Waals surface area contributed by atoms with Crippen molar-refractivity contribution in [2.75, 3.05) is 0 Å². The van der Waals surface area contributed by atoms with E-state index in [4.69, 9.17) is 0 Å². The Morgan fingerprint density at radius 2 is 1.79 bits per heavy atom. The molecule has 0 heterocycles. The van der Waals surface area contributed by atoms with Crippen LogP contribution in [0.4, 0.5) is 0 Å². The molecule has 0 bridgehead atoms. The lowest BCUT2D eigenvalue weighted by Gasteiger charge is -2.00. The van der Waals surface area contributed by atoms with E-state index < -0.39 is 0 Å². The molecule has 0 saturated carbocycles. The van der Waals surface area contributed by atoms with Crippen LogP contribution in [0.1, 0.15) is 11.1 Å². The lowest BCUT2D eigenvalue weighted by molar-refractivity contribution is -0.120. The summed E-state index contributed by atoms with van der Waals surface area (Å²) < 4.78 is 1.10. The molecule has 0 aliphatic rings. The highest BCUT2D eigenvalue weighted by Crippen LogP contribution is 2.08. The van der Waals surface area contributed by atoms with E-state index in [1.54, 1.807) is 6.21 Å². The monoisotopic (exact) mass is 364 g/mol. The first kappa shape index (κ1) is 13.7. The van der Waals surface area contributed by atoms with Crippen LogP contribution in [0.25, 0.3) is 0 Å². The summed E-state index contributed by atoms with van der Waals surface area (Å²) in [6.07, 6.45) is 1.99. The molecule has 0 saturated heterocycles. The van der Waals surface area contributed by atoms with Crippen molar-refractivity contribution in [1.29, 1.82) is 0 Å². The molecule has 96 valence electrons. The van der Waals surface area contributed by atoms with Gasteiger partial charge in [-0.25, -0.2) is 5.43 Å². The zero-order valence-corrected chi connectivity index (χ0v) is 12.4. The molecular weight excluding hydrogens is 351 g/mol. The molecule has 19 heavy (non-hydrogen) atoms. The Kier molecular flexibility index (Phi) is 5.09. The van der Waals surface area contributed by atoms with Crippen LogP contribution in [0.5, 0.6) is 0 Å². The van der Waals surface area contributed by atoms with Gasteiger partial charge in [0.2, 0.25) is 5.91 Å². The lowest BCUT2D eigenvalue weighted by atomic mass is 10.1. The van der Waals surface area contributed by atoms with E-state index in [2.05, 4.69) is 33.1 Å². The maximum absolute atomic E-state index is 11.7. The quantitative estimate of drug-likeness (QED) is 0.506. The van der Waals surface area contributed by atoms with Crippen LogP contribution in [0.3, 0.4) is 0 Å². The molecule has 0 aromatic heterocycles. The molecule has 0 aliphatic heterocycles. The highest BCUT2D eigenvalue weighted by Gasteiger charge is 2.01. The van der Waals surface area contributed by atoms with Crippen molar-refractivity contribution in [1.82, 2.24) is 5.43 Å². The second-order valence-electron chi connectivity index (χ2n) is 3.98. The highest BCUT2D eigenvalue weighted by atomic mass is 127. The Balaban J connectivity index is 1.89. The maximum atomic E-state index is 11.7. The fraction of sp³-hybridized carbons (Fsp3) is 0.0667. The first-order valence-corrected chi connectivity index (χ1v) is 6.94. The van der Waals surface area contributed by atoms with E-state index in [9.17, 15) is 4.79 Å². The van der Waals surface area contributed by atoms with Gasteiger partial charge in [-0.2, -0.15) is 5.10 Å². The zero-order chi connectivity index (χ0) is 13.5. The fourth-order valence-electron chi connectivity index (χ4n) is 1.57. The number of nitrogens with zero attached hydrogens (tertiary/aromatic N) is 1. The van der Waals surface area contributed by atoms with E-state index in [1.165, 1.54) is 0 Å². The van der Waals surface area contributed by atoms with Gasteiger partial charge in [-0.15, -0.1) is 0 Å². The molecule has 4 heteroatoms. The number of halogens is 1. The van der Waals surface area contributed by atoms with E-state index in [0.29, 0.717) is 6.42 Å². The average Bonchev–Trinajstić information content (AvgIpc) is 2.42. The topological polar surface area (TPSA) is 41.5 Å². The van der Waals surface area contributed by atoms with Gasteiger partial charge in [-0.05, 0) is 34.2 Å². The Hall–Kier alpha value is -1.69. The van der Waals surface area contributed by atoms with Gasteiger partial charge in [0.1, 0.15) is 0 Å². The molecule has 2 aromatic rings. The van der Waals surface area contributed by atoms with Gasteiger partial charge < -0.3 is 0 Å². The second kappa shape index (κ2) is 7.04. The number of carbonyl (C=O) groups is 1. The van der Waals surface area contributed by atoms with Crippen LogP contribution >= 0.6 is 22.6 Å². The minimum absolute atomic E-state index is 0.117. The second-order valence-corrected chi connectivity index (χ2v) is 5.14. The number of hydrogen-bond acceptors (Lipinski definition) is 2. The van der Waals surface area contributed by atoms with Gasteiger partial charge in [0, 0.05) is 9.13 Å². The van der Waals surface area contributed by atoms with E-state index in [0.717, 1.165) is 14.7 Å². The number of carbonyl (C=O) groups excluding carboxylic acids is 1. The van der Waals surface area contributed by atoms with Crippen molar-refractivity contribution in [2.24, 2.45) is 5.10 Å². The molecule has 0 unspecified atom stereocenters. The molecule has 1 N–H and O–H groups in total. The average molecular weight is 364 g/mol. The Morgan fingerprint density at radius 1 is 1.11 bits per heavy atom. The summed E-state index contributed by atoms with van der Waals surface area (Å²) in [7, 11) is 0. The number of hydrogen-bond donors (Lipinski definition) is 1. The number of amides is 1. The molecule has 0 fully saturated rings. The maximum Gasteiger partial charge on any atom is 0.244 e. The van der Waals surface area contributed by atoms with Crippen molar-refractivity contribution in [3.05, 3.63) is 69.3 Å². The van der Waals surface area contributed by atoms with Crippen LogP contribution in [-0.2, 0) is 11.2 Å². The first-order valence-electron chi connectivity index (χ1n) is 5.86. The Labute approximate surface area is 125 Å². The van der Waals surface area contributed by atoms with Gasteiger partial charge >= 0.3 is 0 Å². The summed E-state index contributed by atoms with van der Waals surface area (Å²) in [5.74, 6) is -0.117. The molecule has 0 atom stereocenters. The number of benzene rings is 2. The van der Waals surface area contributed by atoms with E-state index >= 15 is 0 Å². The highest BCUT2D eigenvalue weighted by molar-refractivity contribution is 14.1. The molecule has 3 nitrogen and oxygen atoms in total. The van der Waals surface area contributed by atoms with Gasteiger partial charge in [0.05, 0.1) is 12.6 Å². The van der Waals surface area contributed by atoms with Gasteiger partial charge in [-0.1, -0.05) is 48.5 Å². The van der Waals surface area contributed by atoms with Gasteiger partial charge in [-0.3, -0.25) is 4.79 Å². The molecule has 2 aromatic carbocycles. The minimum Gasteiger partial charge on any atom is -0.273 e. The fourth-order valence-corrected chi connectivity index (χ4v) is 2.10. The molecule has 2 rings (SSSR count). The van der Waals surface area contributed by atoms with Crippen molar-refractivity contribution in [2.45, 2.75) is 6.42 Å². The van der Waals surface area contributed by atoms with E-state index in [1.807, 2.05) is 54.6 Å². The number of rotatable bonds is 4. The number of nitrogens with one attached hydrogen (secondary N) is 1. The minimum atomic E-state index is -0.117. The predicted molar refractivity (Wildman–Crippen MR) is 85.0 cm³/mol. The third kappa shape index (κ3) is 4.48. The predicted octanol–water partition coefficient (Wildman–Crippen LogP) is 2.98. The summed E-state index contributed by atoms with van der Waals surface area (Å²) in [5, 5.41) is 3.97. The Morgan fingerprint density at radius 3 is 2.53 bits per heavy atom. The van der Waals surface area contributed by atoms with Crippen LogP contribution in [-0.4, -0.2) is 12.1 Å². The van der Waals surface area contributed by atoms with Crippen LogP contribution < -0.4 is 5.43 Å². The van der Waals surface area contributed by atoms with Crippen LogP contribution in [0, 0.1) is 3.57 Å². The van der Waals surface area contributed by atoms with Crippen molar-refractivity contribution in [3.8, 4) is 0 Å². The first-order chi connectivity index (χ1) is 9.25. The SMILES string of the molecule is O=C(Cc1ccccc1)N/N=C\c1ccccc1I. The van der Waals surface area contributed by atoms with Crippen molar-refractivity contribution >= 4 is 34.7 Å². The van der Waals surface area contributed by atoms with E-state index in [-0.39, 0.29) is 5.91 Å². The summed E-state index contributed by atoms with van der Waals surface area (Å²) >= 11 is 2.23. The summed E-state index contributed by atoms with van der Waals surface area (Å²) in [4.78, 5) is 11.7. The van der Waals surface area contributed by atoms with Gasteiger partial charge in [0.25, 0.3) is 0 Å². The van der Waals surface area contributed by atoms with Crippen LogP contribution in [0.2, 0.25) is 0 Å². The summed E-state index contributed by atoms with van der Waals surface area (Å²) in [6.45, 7) is 0. The molecular formula is C15H13IN2O. The van der Waals surface area contributed by atoms with Crippen molar-refractivity contribution in [3.63, 3.8) is 0 Å². The molecule has 0 radical (unpaired) electrons. The third-order valence-corrected chi connectivity index (χ3v) is 3.49. The molecule has 0 aliphatic carbocycles. The lowest BCUT2D eigenvalue weighted by Crippen LogP contribution is -2.19. The normalized spacial score (nSPS) is 10.6. The standard InChI is InChI=1S/C15H13IN2O/c16-14-9-5-4-8-13(14)11-17-18-15(19)10-12-6-2-1-3-7-12/h1-9,11H,10H2,(H,18,19)/b17-11-. The van der Waals surface area contributed by atoms with Crippen molar-refractivity contribution < 1.29 is 4.79 Å². The Bertz CT molecular complexity index is 582. The number of hydrazone groups is 1. The van der Waals surface area contributed by atoms with Gasteiger partial charge in [0.15, 0.2) is 0 Å². The third-order valence-electron chi connectivity index (χ3n) is 2.51.